The molecule has 0 fully saturated rings. The molecule has 0 unspecified atom stereocenters. The Bertz CT molecular complexity index is 556. The van der Waals surface area contributed by atoms with Crippen molar-refractivity contribution < 1.29 is 9.90 Å². The van der Waals surface area contributed by atoms with Crippen LogP contribution in [-0.4, -0.2) is 22.7 Å². The molecule has 1 N–H and O–H groups in total. The summed E-state index contributed by atoms with van der Waals surface area (Å²) in [7, 11) is 0. The fourth-order valence-corrected chi connectivity index (χ4v) is 3.95. The van der Waals surface area contributed by atoms with E-state index in [1.165, 1.54) is 0 Å². The molecule has 22 heavy (non-hydrogen) atoms. The fraction of sp³-hybridized carbons (Fsp3) is 0.611. The molecule has 0 aromatic heterocycles. The highest BCUT2D eigenvalue weighted by atomic mass is 35.5. The van der Waals surface area contributed by atoms with E-state index in [9.17, 15) is 9.90 Å². The molecule has 1 aliphatic rings. The first-order valence-corrected chi connectivity index (χ1v) is 8.47. The Labute approximate surface area is 138 Å². The van der Waals surface area contributed by atoms with Gasteiger partial charge in [-0.2, -0.15) is 0 Å². The molecule has 0 amide bonds. The van der Waals surface area contributed by atoms with Crippen molar-refractivity contribution in [2.45, 2.75) is 70.9 Å². The summed E-state index contributed by atoms with van der Waals surface area (Å²) in [4.78, 5) is 14.0. The number of halogens is 1. The van der Waals surface area contributed by atoms with E-state index in [-0.39, 0.29) is 5.54 Å². The van der Waals surface area contributed by atoms with E-state index in [1.54, 1.807) is 0 Å². The van der Waals surface area contributed by atoms with Crippen LogP contribution < -0.4 is 4.90 Å². The number of unbranched alkanes of at least 4 members (excludes halogenated alkanes) is 1. The Morgan fingerprint density at radius 3 is 2.77 bits per heavy atom. The molecule has 2 rings (SSSR count). The number of carbonyl (C=O) groups is 1. The molecule has 1 aliphatic heterocycles. The highest BCUT2D eigenvalue weighted by molar-refractivity contribution is 6.30. The summed E-state index contributed by atoms with van der Waals surface area (Å²) < 4.78 is 0. The maximum atomic E-state index is 11.9. The lowest BCUT2D eigenvalue weighted by atomic mass is 9.78. The smallest absolute Gasteiger partial charge is 0.326 e. The minimum atomic E-state index is -0.739. The largest absolute Gasteiger partial charge is 0.480 e. The molecule has 1 aromatic rings. The van der Waals surface area contributed by atoms with Crippen molar-refractivity contribution in [2.75, 3.05) is 4.90 Å². The van der Waals surface area contributed by atoms with Crippen LogP contribution in [0.1, 0.15) is 64.9 Å². The maximum Gasteiger partial charge on any atom is 0.326 e. The second-order valence-corrected chi connectivity index (χ2v) is 7.42. The zero-order chi connectivity index (χ0) is 16.5. The second-order valence-electron chi connectivity index (χ2n) is 6.99. The molecule has 4 heteroatoms. The molecule has 122 valence electrons. The normalized spacial score (nSPS) is 21.3. The molecule has 2 atom stereocenters. The maximum absolute atomic E-state index is 11.9. The molecule has 0 aliphatic carbocycles. The first-order valence-electron chi connectivity index (χ1n) is 8.09. The van der Waals surface area contributed by atoms with Crippen molar-refractivity contribution in [3.63, 3.8) is 0 Å². The van der Waals surface area contributed by atoms with E-state index in [1.807, 2.05) is 18.2 Å². The average molecular weight is 324 g/mol. The number of hydrogen-bond acceptors (Lipinski definition) is 2. The van der Waals surface area contributed by atoms with Crippen molar-refractivity contribution in [1.82, 2.24) is 0 Å². The number of rotatable bonds is 5. The van der Waals surface area contributed by atoms with Crippen LogP contribution in [0, 0.1) is 0 Å². The third-order valence-electron chi connectivity index (χ3n) is 4.67. The molecule has 0 saturated carbocycles. The van der Waals surface area contributed by atoms with E-state index in [2.05, 4.69) is 32.6 Å². The molecule has 0 spiro atoms. The van der Waals surface area contributed by atoms with Gasteiger partial charge in [0.25, 0.3) is 0 Å². The number of hydrogen-bond donors (Lipinski definition) is 1. The summed E-state index contributed by atoms with van der Waals surface area (Å²) in [6.07, 6.45) is 3.52. The van der Waals surface area contributed by atoms with Crippen LogP contribution in [0.3, 0.4) is 0 Å². The van der Waals surface area contributed by atoms with Crippen molar-refractivity contribution >= 4 is 23.3 Å². The number of fused-ring (bicyclic) bond motifs is 1. The Balaban J connectivity index is 2.51. The number of benzene rings is 1. The van der Waals surface area contributed by atoms with Gasteiger partial charge in [-0.15, -0.1) is 0 Å². The van der Waals surface area contributed by atoms with E-state index in [0.29, 0.717) is 17.4 Å². The van der Waals surface area contributed by atoms with Gasteiger partial charge in [-0.1, -0.05) is 38.3 Å². The van der Waals surface area contributed by atoms with Gasteiger partial charge in [-0.05, 0) is 56.4 Å². The topological polar surface area (TPSA) is 40.5 Å². The lowest BCUT2D eigenvalue weighted by Gasteiger charge is -2.50. The Morgan fingerprint density at radius 2 is 2.18 bits per heavy atom. The lowest BCUT2D eigenvalue weighted by molar-refractivity contribution is -0.139. The summed E-state index contributed by atoms with van der Waals surface area (Å²) in [5.74, 6) is -0.363. The van der Waals surface area contributed by atoms with Gasteiger partial charge in [0.1, 0.15) is 6.04 Å². The standard InChI is InChI=1S/C18H26ClNO2/c1-5-6-7-16(17(21)22)20-15-9-8-13(19)10-14(15)12(2)11-18(20,3)4/h8-10,12,16H,5-7,11H2,1-4H3,(H,21,22)/t12-,16+/m0/s1. The molecular formula is C18H26ClNO2. The van der Waals surface area contributed by atoms with Crippen LogP contribution in [0.15, 0.2) is 18.2 Å². The zero-order valence-corrected chi connectivity index (χ0v) is 14.7. The fourth-order valence-electron chi connectivity index (χ4n) is 3.77. The summed E-state index contributed by atoms with van der Waals surface area (Å²) >= 11 is 6.15. The van der Waals surface area contributed by atoms with Gasteiger partial charge in [0, 0.05) is 16.2 Å². The first kappa shape index (κ1) is 17.1. The monoisotopic (exact) mass is 323 g/mol. The van der Waals surface area contributed by atoms with Gasteiger partial charge in [0.2, 0.25) is 0 Å². The van der Waals surface area contributed by atoms with Crippen molar-refractivity contribution in [3.8, 4) is 0 Å². The molecule has 0 radical (unpaired) electrons. The van der Waals surface area contributed by atoms with Gasteiger partial charge in [0.05, 0.1) is 0 Å². The Morgan fingerprint density at radius 1 is 1.50 bits per heavy atom. The quantitative estimate of drug-likeness (QED) is 0.821. The number of anilines is 1. The van der Waals surface area contributed by atoms with E-state index in [4.69, 9.17) is 11.6 Å². The lowest BCUT2D eigenvalue weighted by Crippen LogP contribution is -2.56. The third kappa shape index (κ3) is 3.24. The van der Waals surface area contributed by atoms with Crippen LogP contribution in [-0.2, 0) is 4.79 Å². The van der Waals surface area contributed by atoms with Gasteiger partial charge in [-0.3, -0.25) is 0 Å². The van der Waals surface area contributed by atoms with Crippen molar-refractivity contribution in [2.24, 2.45) is 0 Å². The van der Waals surface area contributed by atoms with Gasteiger partial charge >= 0.3 is 5.97 Å². The van der Waals surface area contributed by atoms with Crippen LogP contribution in [0.2, 0.25) is 5.02 Å². The van der Waals surface area contributed by atoms with Crippen LogP contribution in [0.25, 0.3) is 0 Å². The summed E-state index contributed by atoms with van der Waals surface area (Å²) in [6, 6.07) is 5.35. The van der Waals surface area contributed by atoms with E-state index < -0.39 is 12.0 Å². The molecular weight excluding hydrogens is 298 g/mol. The zero-order valence-electron chi connectivity index (χ0n) is 13.9. The summed E-state index contributed by atoms with van der Waals surface area (Å²) in [5, 5.41) is 10.5. The number of nitrogens with zero attached hydrogens (tertiary/aromatic N) is 1. The second kappa shape index (κ2) is 6.49. The number of carboxylic acid groups (broad SMARTS) is 1. The Hall–Kier alpha value is -1.22. The highest BCUT2D eigenvalue weighted by Crippen LogP contribution is 2.45. The molecule has 0 bridgehead atoms. The third-order valence-corrected chi connectivity index (χ3v) is 4.90. The highest BCUT2D eigenvalue weighted by Gasteiger charge is 2.42. The summed E-state index contributed by atoms with van der Waals surface area (Å²) in [5.41, 5.74) is 2.00. The van der Waals surface area contributed by atoms with E-state index in [0.717, 1.165) is 30.5 Å². The molecule has 0 saturated heterocycles. The molecule has 1 aromatic carbocycles. The number of aliphatic carboxylic acids is 1. The minimum absolute atomic E-state index is 0.183. The van der Waals surface area contributed by atoms with Crippen LogP contribution in [0.4, 0.5) is 5.69 Å². The van der Waals surface area contributed by atoms with Crippen molar-refractivity contribution in [1.29, 1.82) is 0 Å². The predicted octanol–water partition coefficient (Wildman–Crippen LogP) is 5.08. The van der Waals surface area contributed by atoms with Crippen LogP contribution in [0.5, 0.6) is 0 Å². The van der Waals surface area contributed by atoms with Gasteiger partial charge in [0.15, 0.2) is 0 Å². The SMILES string of the molecule is CCCC[C@H](C(=O)O)N1c2ccc(Cl)cc2[C@@H](C)CC1(C)C. The minimum Gasteiger partial charge on any atom is -0.480 e. The van der Waals surface area contributed by atoms with Crippen LogP contribution >= 0.6 is 11.6 Å². The van der Waals surface area contributed by atoms with Gasteiger partial charge < -0.3 is 10.0 Å². The number of carboxylic acids is 1. The molecule has 3 nitrogen and oxygen atoms in total. The van der Waals surface area contributed by atoms with E-state index >= 15 is 0 Å². The Kier molecular flexibility index (Phi) is 5.06. The van der Waals surface area contributed by atoms with Gasteiger partial charge in [-0.25, -0.2) is 4.79 Å². The first-order chi connectivity index (χ1) is 10.3. The summed E-state index contributed by atoms with van der Waals surface area (Å²) in [6.45, 7) is 8.57. The molecule has 1 heterocycles. The average Bonchev–Trinajstić information content (AvgIpc) is 2.41. The predicted molar refractivity (Wildman–Crippen MR) is 92.0 cm³/mol. The van der Waals surface area contributed by atoms with Crippen molar-refractivity contribution in [3.05, 3.63) is 28.8 Å².